The molecule has 1 aromatic carbocycles. The van der Waals surface area contributed by atoms with Crippen molar-refractivity contribution in [3.05, 3.63) is 59.7 Å². The van der Waals surface area contributed by atoms with Gasteiger partial charge in [-0.05, 0) is 75.0 Å². The summed E-state index contributed by atoms with van der Waals surface area (Å²) in [6, 6.07) is 3.49. The number of carbonyl (C=O) groups is 2. The summed E-state index contributed by atoms with van der Waals surface area (Å²) in [6.07, 6.45) is 13.1. The van der Waals surface area contributed by atoms with Crippen LogP contribution in [0.15, 0.2) is 42.5 Å². The third-order valence-corrected chi connectivity index (χ3v) is 6.13. The normalized spacial score (nSPS) is 24.9. The molecular weight excluding hydrogens is 374 g/mol. The topological polar surface area (TPSA) is 43.4 Å². The maximum Gasteiger partial charge on any atom is 0.316 e. The van der Waals surface area contributed by atoms with Gasteiger partial charge in [0.05, 0.1) is 6.61 Å². The number of hydrogen-bond acceptors (Lipinski definition) is 3. The Morgan fingerprint density at radius 3 is 2.48 bits per heavy atom. The molecule has 3 rings (SSSR count). The fourth-order valence-corrected chi connectivity index (χ4v) is 4.51. The van der Waals surface area contributed by atoms with Crippen molar-refractivity contribution in [2.75, 3.05) is 6.61 Å². The van der Waals surface area contributed by atoms with Crippen molar-refractivity contribution in [2.24, 2.45) is 23.7 Å². The van der Waals surface area contributed by atoms with Crippen LogP contribution in [0, 0.1) is 35.3 Å². The predicted molar refractivity (Wildman–Crippen MR) is 107 cm³/mol. The summed E-state index contributed by atoms with van der Waals surface area (Å²) in [5.74, 6) is -2.71. The molecule has 2 unspecified atom stereocenters. The number of rotatable bonds is 7. The van der Waals surface area contributed by atoms with Gasteiger partial charge in [-0.1, -0.05) is 30.4 Å². The van der Waals surface area contributed by atoms with Crippen LogP contribution in [0.2, 0.25) is 0 Å². The number of allylic oxidation sites excluding steroid dienone is 4. The van der Waals surface area contributed by atoms with Crippen LogP contribution in [0.1, 0.15) is 44.6 Å². The molecule has 0 spiro atoms. The molecule has 156 valence electrons. The van der Waals surface area contributed by atoms with E-state index >= 15 is 0 Å². The molecular formula is C24H28F2O3. The summed E-state index contributed by atoms with van der Waals surface area (Å²) in [7, 11) is 0. The van der Waals surface area contributed by atoms with Gasteiger partial charge in [-0.2, -0.15) is 0 Å². The Morgan fingerprint density at radius 1 is 1.10 bits per heavy atom. The molecule has 0 bridgehead atoms. The molecule has 0 saturated heterocycles. The largest absolute Gasteiger partial charge is 0.465 e. The molecule has 2 atom stereocenters. The molecule has 2 aliphatic rings. The lowest BCUT2D eigenvalue weighted by molar-refractivity contribution is -0.153. The Morgan fingerprint density at radius 2 is 1.86 bits per heavy atom. The molecule has 3 nitrogen and oxygen atoms in total. The number of halogens is 2. The molecule has 1 aromatic rings. The van der Waals surface area contributed by atoms with E-state index in [1.807, 2.05) is 0 Å². The van der Waals surface area contributed by atoms with E-state index in [0.29, 0.717) is 17.4 Å². The molecule has 1 saturated carbocycles. The number of ether oxygens (including phenoxy) is 1. The Kier molecular flexibility index (Phi) is 7.34. The Hall–Kier alpha value is -2.30. The number of benzene rings is 1. The van der Waals surface area contributed by atoms with Crippen molar-refractivity contribution in [2.45, 2.75) is 45.4 Å². The van der Waals surface area contributed by atoms with Gasteiger partial charge in [-0.3, -0.25) is 9.59 Å². The summed E-state index contributed by atoms with van der Waals surface area (Å²) in [6.45, 7) is 1.86. The molecule has 0 heterocycles. The molecule has 1 fully saturated rings. The van der Waals surface area contributed by atoms with E-state index in [2.05, 4.69) is 24.3 Å². The molecule has 5 heteroatoms. The van der Waals surface area contributed by atoms with Gasteiger partial charge in [0.2, 0.25) is 0 Å². The van der Waals surface area contributed by atoms with Crippen LogP contribution in [0.4, 0.5) is 8.78 Å². The third-order valence-electron chi connectivity index (χ3n) is 6.13. The lowest BCUT2D eigenvalue weighted by Gasteiger charge is -2.33. The fraction of sp³-hybridized carbons (Fsp3) is 0.500. The first-order valence-electron chi connectivity index (χ1n) is 10.5. The third kappa shape index (κ3) is 5.40. The van der Waals surface area contributed by atoms with Gasteiger partial charge in [0.15, 0.2) is 17.4 Å². The molecule has 2 aliphatic carbocycles. The summed E-state index contributed by atoms with van der Waals surface area (Å²) in [5.41, 5.74) is 0.420. The maximum absolute atomic E-state index is 13.6. The van der Waals surface area contributed by atoms with Crippen molar-refractivity contribution >= 4 is 11.8 Å². The minimum absolute atomic E-state index is 0.0327. The van der Waals surface area contributed by atoms with Gasteiger partial charge in [0.1, 0.15) is 5.92 Å². The highest BCUT2D eigenvalue weighted by molar-refractivity contribution is 6.00. The summed E-state index contributed by atoms with van der Waals surface area (Å²) in [5, 5.41) is 0. The highest BCUT2D eigenvalue weighted by atomic mass is 19.2. The number of carbonyl (C=O) groups excluding carboxylic acids is 2. The summed E-state index contributed by atoms with van der Waals surface area (Å²) < 4.78 is 31.9. The lowest BCUT2D eigenvalue weighted by atomic mass is 9.71. The standard InChI is InChI=1S/C24H28F2O3/c1-2-29-24(28)20(14-16-8-13-21(25)22(26)15-16)23(27)19-11-9-18(10-12-19)17-6-4-3-5-7-17/h3-6,8,13,15,17-20H,2,7,9-12,14H2,1H3. The number of Topliss-reactive ketones (excluding diaryl/α,β-unsaturated/α-hetero) is 1. The SMILES string of the molecule is CCOC(=O)C(Cc1ccc(F)c(F)c1)C(=O)C1CCC(C2C=CC=CC2)CC1. The summed E-state index contributed by atoms with van der Waals surface area (Å²) >= 11 is 0. The van der Waals surface area contributed by atoms with Crippen molar-refractivity contribution < 1.29 is 23.1 Å². The maximum atomic E-state index is 13.6. The smallest absolute Gasteiger partial charge is 0.316 e. The monoisotopic (exact) mass is 402 g/mol. The van der Waals surface area contributed by atoms with Crippen LogP contribution in [0.5, 0.6) is 0 Å². The van der Waals surface area contributed by atoms with E-state index in [4.69, 9.17) is 4.74 Å². The predicted octanol–water partition coefficient (Wildman–Crippen LogP) is 5.19. The van der Waals surface area contributed by atoms with E-state index in [1.165, 1.54) is 6.07 Å². The van der Waals surface area contributed by atoms with Crippen LogP contribution in [0.25, 0.3) is 0 Å². The number of hydrogen-bond donors (Lipinski definition) is 0. The Labute approximate surface area is 170 Å². The minimum atomic E-state index is -0.979. The van der Waals surface area contributed by atoms with Crippen molar-refractivity contribution in [3.63, 3.8) is 0 Å². The zero-order valence-electron chi connectivity index (χ0n) is 16.8. The van der Waals surface area contributed by atoms with Crippen LogP contribution in [-0.4, -0.2) is 18.4 Å². The van der Waals surface area contributed by atoms with Crippen LogP contribution >= 0.6 is 0 Å². The highest BCUT2D eigenvalue weighted by Crippen LogP contribution is 2.38. The van der Waals surface area contributed by atoms with Gasteiger partial charge in [0.25, 0.3) is 0 Å². The zero-order chi connectivity index (χ0) is 20.8. The average Bonchev–Trinajstić information content (AvgIpc) is 2.75. The Bertz CT molecular complexity index is 791. The molecule has 0 aliphatic heterocycles. The second-order valence-corrected chi connectivity index (χ2v) is 7.98. The van der Waals surface area contributed by atoms with Crippen molar-refractivity contribution in [1.29, 1.82) is 0 Å². The van der Waals surface area contributed by atoms with Gasteiger partial charge >= 0.3 is 5.97 Å². The molecule has 0 amide bonds. The number of ketones is 1. The first-order chi connectivity index (χ1) is 14.0. The lowest BCUT2D eigenvalue weighted by Crippen LogP contribution is -2.35. The fourth-order valence-electron chi connectivity index (χ4n) is 4.51. The van der Waals surface area contributed by atoms with Crippen molar-refractivity contribution in [3.8, 4) is 0 Å². The first-order valence-corrected chi connectivity index (χ1v) is 10.5. The second kappa shape index (κ2) is 9.95. The molecule has 0 aromatic heterocycles. The van der Waals surface area contributed by atoms with Crippen LogP contribution < -0.4 is 0 Å². The quantitative estimate of drug-likeness (QED) is 0.465. The van der Waals surface area contributed by atoms with E-state index in [0.717, 1.165) is 44.2 Å². The van der Waals surface area contributed by atoms with E-state index < -0.39 is 23.5 Å². The highest BCUT2D eigenvalue weighted by Gasteiger charge is 2.36. The molecule has 0 N–H and O–H groups in total. The van der Waals surface area contributed by atoms with E-state index in [9.17, 15) is 18.4 Å². The van der Waals surface area contributed by atoms with Gasteiger partial charge in [-0.25, -0.2) is 8.78 Å². The van der Waals surface area contributed by atoms with Gasteiger partial charge in [0, 0.05) is 5.92 Å². The first kappa shape index (κ1) is 21.4. The van der Waals surface area contributed by atoms with E-state index in [1.54, 1.807) is 6.92 Å². The van der Waals surface area contributed by atoms with E-state index in [-0.39, 0.29) is 24.7 Å². The summed E-state index contributed by atoms with van der Waals surface area (Å²) in [4.78, 5) is 25.6. The average molecular weight is 402 g/mol. The van der Waals surface area contributed by atoms with Crippen LogP contribution in [0.3, 0.4) is 0 Å². The molecule has 29 heavy (non-hydrogen) atoms. The van der Waals surface area contributed by atoms with Gasteiger partial charge < -0.3 is 4.74 Å². The van der Waals surface area contributed by atoms with Crippen LogP contribution in [-0.2, 0) is 20.7 Å². The minimum Gasteiger partial charge on any atom is -0.465 e. The van der Waals surface area contributed by atoms with Gasteiger partial charge in [-0.15, -0.1) is 0 Å². The second-order valence-electron chi connectivity index (χ2n) is 7.98. The molecule has 0 radical (unpaired) electrons. The zero-order valence-corrected chi connectivity index (χ0v) is 16.8. The van der Waals surface area contributed by atoms with Crippen molar-refractivity contribution in [1.82, 2.24) is 0 Å². The number of esters is 1. The Balaban J connectivity index is 1.66.